The predicted octanol–water partition coefficient (Wildman–Crippen LogP) is 8.95. The second kappa shape index (κ2) is 17.5. The number of hydrogen-bond acceptors (Lipinski definition) is 0. The van der Waals surface area contributed by atoms with Crippen LogP contribution in [-0.4, -0.2) is 3.92 Å². The van der Waals surface area contributed by atoms with Crippen LogP contribution in [0.1, 0.15) is 124 Å². The van der Waals surface area contributed by atoms with Crippen LogP contribution < -0.4 is 0 Å². The van der Waals surface area contributed by atoms with Crippen LogP contribution in [0.25, 0.3) is 0 Å². The van der Waals surface area contributed by atoms with Crippen molar-refractivity contribution in [2.75, 3.05) is 0 Å². The van der Waals surface area contributed by atoms with Gasteiger partial charge in [-0.25, -0.2) is 0 Å². The summed E-state index contributed by atoms with van der Waals surface area (Å²) in [5.41, 5.74) is 0. The van der Waals surface area contributed by atoms with Gasteiger partial charge in [0.15, 0.2) is 0 Å². The van der Waals surface area contributed by atoms with Crippen LogP contribution in [0.5, 0.6) is 0 Å². The lowest BCUT2D eigenvalue weighted by molar-refractivity contribution is 0.339. The molecule has 0 radical (unpaired) electrons. The molecule has 0 aromatic rings. The molecule has 0 aliphatic carbocycles. The first-order valence-corrected chi connectivity index (χ1v) is 12.1. The number of unbranched alkanes of at least 4 members (excludes halogenated alkanes) is 1. The van der Waals surface area contributed by atoms with Crippen LogP contribution >= 0.6 is 22.6 Å². The summed E-state index contributed by atoms with van der Waals surface area (Å²) in [7, 11) is 0. The molecule has 140 valence electrons. The Bertz CT molecular complexity index is 226. The van der Waals surface area contributed by atoms with E-state index < -0.39 is 0 Å². The molecule has 0 N–H and O–H groups in total. The molecule has 0 aliphatic heterocycles. The Balaban J connectivity index is 3.96. The Kier molecular flexibility index (Phi) is 18.1. The monoisotopic (exact) mass is 436 g/mol. The van der Waals surface area contributed by atoms with Crippen LogP contribution in [0.3, 0.4) is 0 Å². The van der Waals surface area contributed by atoms with Gasteiger partial charge in [-0.15, -0.1) is 0 Å². The normalized spacial score (nSPS) is 15.5. The molecule has 0 spiro atoms. The van der Waals surface area contributed by atoms with Crippen molar-refractivity contribution >= 4 is 22.6 Å². The zero-order chi connectivity index (χ0) is 17.3. The zero-order valence-electron chi connectivity index (χ0n) is 16.7. The van der Waals surface area contributed by atoms with Crippen molar-refractivity contribution in [1.82, 2.24) is 0 Å². The van der Waals surface area contributed by atoms with Crippen LogP contribution in [-0.2, 0) is 0 Å². The topological polar surface area (TPSA) is 0 Å². The van der Waals surface area contributed by atoms with E-state index in [1.165, 1.54) is 96.3 Å². The van der Waals surface area contributed by atoms with E-state index in [-0.39, 0.29) is 0 Å². The largest absolute Gasteiger partial charge is 0.0826 e. The molecule has 0 saturated heterocycles. The highest BCUT2D eigenvalue weighted by Gasteiger charge is 2.12. The first-order valence-electron chi connectivity index (χ1n) is 10.8. The standard InChI is InChI=1S/C22H45I/c1-5-9-15-20(12-6-2)16-10-17-21(13-7-3)18-11-19-22(23)14-8-4/h20-22H,5-19H2,1-4H3. The van der Waals surface area contributed by atoms with Gasteiger partial charge in [0, 0.05) is 3.92 Å². The number of alkyl halides is 1. The van der Waals surface area contributed by atoms with E-state index in [0.717, 1.165) is 15.8 Å². The van der Waals surface area contributed by atoms with Crippen LogP contribution in [0.4, 0.5) is 0 Å². The fourth-order valence-electron chi connectivity index (χ4n) is 3.96. The zero-order valence-corrected chi connectivity index (χ0v) is 18.9. The highest BCUT2D eigenvalue weighted by Crippen LogP contribution is 2.27. The molecular weight excluding hydrogens is 391 g/mol. The van der Waals surface area contributed by atoms with Crippen molar-refractivity contribution in [2.45, 2.75) is 128 Å². The van der Waals surface area contributed by atoms with Gasteiger partial charge in [0.05, 0.1) is 0 Å². The maximum absolute atomic E-state index is 2.67. The minimum atomic E-state index is 0.919. The maximum Gasteiger partial charge on any atom is 0.0109 e. The summed E-state index contributed by atoms with van der Waals surface area (Å²) in [5, 5.41) is 0. The van der Waals surface area contributed by atoms with E-state index in [1.54, 1.807) is 0 Å². The fraction of sp³-hybridized carbons (Fsp3) is 1.00. The fourth-order valence-corrected chi connectivity index (χ4v) is 5.02. The second-order valence-corrected chi connectivity index (χ2v) is 9.46. The van der Waals surface area contributed by atoms with Crippen LogP contribution in [0.2, 0.25) is 0 Å². The first kappa shape index (κ1) is 23.7. The molecule has 3 atom stereocenters. The SMILES string of the molecule is CCCCC(CCC)CCCC(CCC)CCCC(I)CCC. The molecule has 0 aromatic heterocycles. The van der Waals surface area contributed by atoms with Gasteiger partial charge in [0.25, 0.3) is 0 Å². The molecule has 23 heavy (non-hydrogen) atoms. The molecule has 1 heteroatoms. The van der Waals surface area contributed by atoms with Gasteiger partial charge in [0.2, 0.25) is 0 Å². The lowest BCUT2D eigenvalue weighted by atomic mass is 9.87. The highest BCUT2D eigenvalue weighted by atomic mass is 127. The average Bonchev–Trinajstić information content (AvgIpc) is 2.52. The molecule has 0 rings (SSSR count). The van der Waals surface area contributed by atoms with Gasteiger partial charge in [-0.3, -0.25) is 0 Å². The molecule has 0 amide bonds. The van der Waals surface area contributed by atoms with Crippen molar-refractivity contribution in [1.29, 1.82) is 0 Å². The van der Waals surface area contributed by atoms with Gasteiger partial charge in [0.1, 0.15) is 0 Å². The third-order valence-electron chi connectivity index (χ3n) is 5.32. The number of halogens is 1. The van der Waals surface area contributed by atoms with E-state index >= 15 is 0 Å². The van der Waals surface area contributed by atoms with Crippen LogP contribution in [0.15, 0.2) is 0 Å². The van der Waals surface area contributed by atoms with Crippen molar-refractivity contribution in [3.63, 3.8) is 0 Å². The minimum Gasteiger partial charge on any atom is -0.0826 e. The van der Waals surface area contributed by atoms with Crippen molar-refractivity contribution in [2.24, 2.45) is 11.8 Å². The van der Waals surface area contributed by atoms with Gasteiger partial charge in [-0.05, 0) is 24.7 Å². The maximum atomic E-state index is 2.67. The summed E-state index contributed by atoms with van der Waals surface area (Å²) in [6.45, 7) is 9.37. The summed E-state index contributed by atoms with van der Waals surface area (Å²) in [6, 6.07) is 0. The van der Waals surface area contributed by atoms with Gasteiger partial charge < -0.3 is 0 Å². The van der Waals surface area contributed by atoms with Crippen molar-refractivity contribution in [3.8, 4) is 0 Å². The van der Waals surface area contributed by atoms with Gasteiger partial charge >= 0.3 is 0 Å². The Hall–Kier alpha value is 0.730. The van der Waals surface area contributed by atoms with Crippen molar-refractivity contribution in [3.05, 3.63) is 0 Å². The quantitative estimate of drug-likeness (QED) is 0.158. The van der Waals surface area contributed by atoms with Crippen LogP contribution in [0, 0.1) is 11.8 Å². The predicted molar refractivity (Wildman–Crippen MR) is 117 cm³/mol. The number of rotatable bonds is 17. The Labute approximate surface area is 162 Å². The summed E-state index contributed by atoms with van der Waals surface area (Å²) in [6.07, 6.45) is 21.6. The molecule has 0 aromatic carbocycles. The smallest absolute Gasteiger partial charge is 0.0109 e. The molecular formula is C22H45I. The molecule has 0 bridgehead atoms. The Morgan fingerprint density at radius 3 is 1.35 bits per heavy atom. The molecule has 0 aliphatic rings. The summed E-state index contributed by atoms with van der Waals surface area (Å²) in [4.78, 5) is 0. The third-order valence-corrected chi connectivity index (χ3v) is 6.56. The minimum absolute atomic E-state index is 0.919. The van der Waals surface area contributed by atoms with E-state index in [1.807, 2.05) is 0 Å². The molecule has 0 nitrogen and oxygen atoms in total. The van der Waals surface area contributed by atoms with E-state index in [9.17, 15) is 0 Å². The molecule has 0 fully saturated rings. The Morgan fingerprint density at radius 2 is 0.913 bits per heavy atom. The highest BCUT2D eigenvalue weighted by molar-refractivity contribution is 14.1. The molecule has 3 unspecified atom stereocenters. The van der Waals surface area contributed by atoms with E-state index in [2.05, 4.69) is 50.3 Å². The summed E-state index contributed by atoms with van der Waals surface area (Å²) in [5.74, 6) is 2.03. The van der Waals surface area contributed by atoms with E-state index in [0.29, 0.717) is 0 Å². The van der Waals surface area contributed by atoms with Crippen molar-refractivity contribution < 1.29 is 0 Å². The third kappa shape index (κ3) is 14.8. The Morgan fingerprint density at radius 1 is 0.478 bits per heavy atom. The lowest BCUT2D eigenvalue weighted by Gasteiger charge is -2.20. The molecule has 0 heterocycles. The molecule has 0 saturated carbocycles. The van der Waals surface area contributed by atoms with E-state index in [4.69, 9.17) is 0 Å². The lowest BCUT2D eigenvalue weighted by Crippen LogP contribution is -2.06. The van der Waals surface area contributed by atoms with Gasteiger partial charge in [-0.2, -0.15) is 0 Å². The summed E-state index contributed by atoms with van der Waals surface area (Å²) < 4.78 is 0.919. The number of hydrogen-bond donors (Lipinski definition) is 0. The first-order chi connectivity index (χ1) is 11.2. The van der Waals surface area contributed by atoms with Gasteiger partial charge in [-0.1, -0.05) is 134 Å². The summed E-state index contributed by atoms with van der Waals surface area (Å²) >= 11 is 2.67. The second-order valence-electron chi connectivity index (χ2n) is 7.70. The average molecular weight is 437 g/mol.